The summed E-state index contributed by atoms with van der Waals surface area (Å²) in [7, 11) is 0. The van der Waals surface area contributed by atoms with Crippen LogP contribution in [-0.4, -0.2) is 11.7 Å². The molecule has 1 rings (SSSR count). The summed E-state index contributed by atoms with van der Waals surface area (Å²) in [5, 5.41) is 9.32. The number of halogens is 3. The van der Waals surface area contributed by atoms with Crippen molar-refractivity contribution in [2.45, 2.75) is 12.3 Å². The average Bonchev–Trinajstić information content (AvgIpc) is 2.17. The van der Waals surface area contributed by atoms with Gasteiger partial charge in [0, 0.05) is 0 Å². The summed E-state index contributed by atoms with van der Waals surface area (Å²) in [5.41, 5.74) is -0.444. The molecule has 0 aliphatic heterocycles. The maximum atomic E-state index is 12.2. The molecule has 0 heterocycles. The van der Waals surface area contributed by atoms with Crippen LogP contribution in [0.5, 0.6) is 0 Å². The van der Waals surface area contributed by atoms with Crippen LogP contribution in [0.3, 0.4) is 0 Å². The third-order valence-corrected chi connectivity index (χ3v) is 1.89. The minimum atomic E-state index is -4.37. The Hall–Kier alpha value is -1.54. The molecular formula is C10H8F3NO. The number of nitrogens with zero attached hydrogens (tertiary/aromatic N) is 1. The Morgan fingerprint density at radius 1 is 1.27 bits per heavy atom. The summed E-state index contributed by atoms with van der Waals surface area (Å²) in [6.45, 7) is 6.36. The molecule has 2 nitrogen and oxygen atoms in total. The van der Waals surface area contributed by atoms with E-state index in [4.69, 9.17) is 6.57 Å². The highest BCUT2D eigenvalue weighted by atomic mass is 19.4. The van der Waals surface area contributed by atoms with E-state index < -0.39 is 17.8 Å². The maximum Gasteiger partial charge on any atom is 0.416 e. The molecule has 0 bridgehead atoms. The van der Waals surface area contributed by atoms with Crippen molar-refractivity contribution in [2.75, 3.05) is 6.54 Å². The molecule has 1 unspecified atom stereocenters. The third kappa shape index (κ3) is 2.96. The molecule has 0 saturated carbocycles. The van der Waals surface area contributed by atoms with Crippen LogP contribution in [0.25, 0.3) is 4.85 Å². The van der Waals surface area contributed by atoms with Crippen molar-refractivity contribution < 1.29 is 18.3 Å². The largest absolute Gasteiger partial charge is 0.416 e. The van der Waals surface area contributed by atoms with Gasteiger partial charge in [0.05, 0.1) is 5.56 Å². The van der Waals surface area contributed by atoms with Crippen molar-refractivity contribution in [3.63, 3.8) is 0 Å². The molecule has 1 aromatic rings. The van der Waals surface area contributed by atoms with Crippen molar-refractivity contribution >= 4 is 0 Å². The predicted octanol–water partition coefficient (Wildman–Crippen LogP) is 2.66. The summed E-state index contributed by atoms with van der Waals surface area (Å²) < 4.78 is 36.5. The first-order valence-corrected chi connectivity index (χ1v) is 4.13. The van der Waals surface area contributed by atoms with Gasteiger partial charge in [-0.15, -0.1) is 0 Å². The highest BCUT2D eigenvalue weighted by Gasteiger charge is 2.30. The summed E-state index contributed by atoms with van der Waals surface area (Å²) in [6.07, 6.45) is -5.40. The van der Waals surface area contributed by atoms with Crippen LogP contribution < -0.4 is 0 Å². The predicted molar refractivity (Wildman–Crippen MR) is 47.9 cm³/mol. The zero-order valence-electron chi connectivity index (χ0n) is 7.62. The van der Waals surface area contributed by atoms with E-state index in [1.807, 2.05) is 0 Å². The Morgan fingerprint density at radius 3 is 2.20 bits per heavy atom. The van der Waals surface area contributed by atoms with Gasteiger partial charge in [-0.25, -0.2) is 6.57 Å². The Balaban J connectivity index is 2.87. The fourth-order valence-corrected chi connectivity index (χ4v) is 1.09. The highest BCUT2D eigenvalue weighted by molar-refractivity contribution is 5.26. The zero-order chi connectivity index (χ0) is 11.5. The van der Waals surface area contributed by atoms with Gasteiger partial charge >= 0.3 is 6.18 Å². The van der Waals surface area contributed by atoms with Gasteiger partial charge in [-0.2, -0.15) is 13.2 Å². The fraction of sp³-hybridized carbons (Fsp3) is 0.300. The maximum absolute atomic E-state index is 12.2. The molecule has 80 valence electrons. The van der Waals surface area contributed by atoms with E-state index in [1.165, 1.54) is 12.1 Å². The van der Waals surface area contributed by atoms with Gasteiger partial charge < -0.3 is 9.95 Å². The van der Waals surface area contributed by atoms with Gasteiger partial charge in [-0.05, 0) is 17.7 Å². The molecule has 1 N–H and O–H groups in total. The molecule has 1 aromatic carbocycles. The fourth-order valence-electron chi connectivity index (χ4n) is 1.09. The molecule has 5 heteroatoms. The Morgan fingerprint density at radius 2 is 1.80 bits per heavy atom. The van der Waals surface area contributed by atoms with E-state index in [1.54, 1.807) is 0 Å². The van der Waals surface area contributed by atoms with Crippen LogP contribution in [-0.2, 0) is 6.18 Å². The molecule has 0 saturated heterocycles. The van der Waals surface area contributed by atoms with E-state index in [-0.39, 0.29) is 6.54 Å². The van der Waals surface area contributed by atoms with Crippen LogP contribution in [0.1, 0.15) is 17.2 Å². The average molecular weight is 215 g/mol. The van der Waals surface area contributed by atoms with Gasteiger partial charge in [-0.1, -0.05) is 12.1 Å². The molecular weight excluding hydrogens is 207 g/mol. The summed E-state index contributed by atoms with van der Waals surface area (Å²) in [6, 6.07) is 4.14. The van der Waals surface area contributed by atoms with Crippen molar-refractivity contribution in [1.29, 1.82) is 0 Å². The van der Waals surface area contributed by atoms with E-state index in [0.29, 0.717) is 5.56 Å². The zero-order valence-corrected chi connectivity index (χ0v) is 7.62. The third-order valence-electron chi connectivity index (χ3n) is 1.89. The Labute approximate surface area is 84.8 Å². The smallest absolute Gasteiger partial charge is 0.381 e. The number of aliphatic hydroxyl groups is 1. The van der Waals surface area contributed by atoms with E-state index in [2.05, 4.69) is 4.85 Å². The number of alkyl halides is 3. The van der Waals surface area contributed by atoms with Gasteiger partial charge in [0.1, 0.15) is 0 Å². The minimum Gasteiger partial charge on any atom is -0.381 e. The van der Waals surface area contributed by atoms with Crippen LogP contribution in [0.15, 0.2) is 24.3 Å². The molecule has 0 amide bonds. The van der Waals surface area contributed by atoms with E-state index >= 15 is 0 Å². The lowest BCUT2D eigenvalue weighted by atomic mass is 10.1. The number of aliphatic hydroxyl groups excluding tert-OH is 1. The van der Waals surface area contributed by atoms with Gasteiger partial charge in [0.15, 0.2) is 6.10 Å². The SMILES string of the molecule is [C-]#[N+]CC(O)c1ccc(C(F)(F)F)cc1. The standard InChI is InChI=1S/C10H8F3NO/c1-14-6-9(15)7-2-4-8(5-3-7)10(11,12)13/h2-5,9,15H,6H2. The van der Waals surface area contributed by atoms with Gasteiger partial charge in [-0.3, -0.25) is 0 Å². The van der Waals surface area contributed by atoms with Gasteiger partial charge in [0.25, 0.3) is 0 Å². The summed E-state index contributed by atoms with van der Waals surface area (Å²) in [5.74, 6) is 0. The topological polar surface area (TPSA) is 24.6 Å². The molecule has 0 aliphatic rings. The number of hydrogen-bond donors (Lipinski definition) is 1. The lowest BCUT2D eigenvalue weighted by molar-refractivity contribution is -0.137. The molecule has 15 heavy (non-hydrogen) atoms. The first-order valence-electron chi connectivity index (χ1n) is 4.13. The summed E-state index contributed by atoms with van der Waals surface area (Å²) in [4.78, 5) is 2.96. The van der Waals surface area contributed by atoms with Crippen LogP contribution in [0.4, 0.5) is 13.2 Å². The van der Waals surface area contributed by atoms with Gasteiger partial charge in [0.2, 0.25) is 6.54 Å². The van der Waals surface area contributed by atoms with Crippen LogP contribution >= 0.6 is 0 Å². The quantitative estimate of drug-likeness (QED) is 0.753. The molecule has 0 radical (unpaired) electrons. The van der Waals surface area contributed by atoms with Crippen molar-refractivity contribution in [2.24, 2.45) is 0 Å². The normalized spacial score (nSPS) is 13.3. The molecule has 0 spiro atoms. The minimum absolute atomic E-state index is 0.147. The monoisotopic (exact) mass is 215 g/mol. The first kappa shape index (κ1) is 11.5. The second kappa shape index (κ2) is 4.32. The first-order chi connectivity index (χ1) is 6.95. The van der Waals surface area contributed by atoms with Crippen LogP contribution in [0.2, 0.25) is 0 Å². The number of rotatable bonds is 2. The van der Waals surface area contributed by atoms with E-state index in [0.717, 1.165) is 12.1 Å². The second-order valence-corrected chi connectivity index (χ2v) is 2.98. The highest BCUT2D eigenvalue weighted by Crippen LogP contribution is 2.29. The van der Waals surface area contributed by atoms with Crippen molar-refractivity contribution in [3.05, 3.63) is 46.8 Å². The Bertz CT molecular complexity index is 364. The van der Waals surface area contributed by atoms with E-state index in [9.17, 15) is 18.3 Å². The van der Waals surface area contributed by atoms with Crippen molar-refractivity contribution in [1.82, 2.24) is 0 Å². The molecule has 0 aliphatic carbocycles. The van der Waals surface area contributed by atoms with Crippen LogP contribution in [0, 0.1) is 6.57 Å². The Kier molecular flexibility index (Phi) is 3.32. The lowest BCUT2D eigenvalue weighted by Gasteiger charge is -2.08. The number of hydrogen-bond acceptors (Lipinski definition) is 1. The molecule has 0 aromatic heterocycles. The lowest BCUT2D eigenvalue weighted by Crippen LogP contribution is -2.06. The van der Waals surface area contributed by atoms with Crippen molar-refractivity contribution in [3.8, 4) is 0 Å². The second-order valence-electron chi connectivity index (χ2n) is 2.98. The number of benzene rings is 1. The molecule has 0 fully saturated rings. The molecule has 1 atom stereocenters. The summed E-state index contributed by atoms with van der Waals surface area (Å²) >= 11 is 0.